The van der Waals surface area contributed by atoms with Gasteiger partial charge in [-0.3, -0.25) is 18.6 Å². The van der Waals surface area contributed by atoms with Gasteiger partial charge in [-0.1, -0.05) is 252 Å². The molecule has 834 valence electrons. The monoisotopic (exact) mass is 2080 g/mol. The second-order valence-electron chi connectivity index (χ2n) is 43.5. The summed E-state index contributed by atoms with van der Waals surface area (Å²) in [7, 11) is -10.9. The lowest BCUT2D eigenvalue weighted by Gasteiger charge is -2.48. The number of rotatable bonds is 77. The fourth-order valence-electron chi connectivity index (χ4n) is 17.9. The average Bonchev–Trinajstić information content (AvgIpc) is 0.771. The minimum absolute atomic E-state index is 0.0303. The van der Waals surface area contributed by atoms with E-state index in [2.05, 4.69) is 295 Å². The molecule has 2 fully saturated rings. The Morgan fingerprint density at radius 1 is 0.279 bits per heavy atom. The van der Waals surface area contributed by atoms with Crippen molar-refractivity contribution in [1.29, 1.82) is 0 Å². The van der Waals surface area contributed by atoms with E-state index < -0.39 is 102 Å². The van der Waals surface area contributed by atoms with Crippen LogP contribution in [0.3, 0.4) is 0 Å². The molecule has 13 atom stereocenters. The van der Waals surface area contributed by atoms with Crippen molar-refractivity contribution in [3.8, 4) is 0 Å². The van der Waals surface area contributed by atoms with Gasteiger partial charge in [0.1, 0.15) is 48.7 Å². The molecule has 0 spiro atoms. The standard InChI is InChI=1S/C126H208N2O17P2/c1-93(2)47-26-48-94(3)49-27-50-95(4)51-28-52-96(5)53-29-54-97(6)55-30-56-98(7)57-31-58-99(8)59-32-60-100(9)61-33-62-101(10)63-34-64-102(11)65-35-66-103(12)67-36-68-104(13)69-37-70-105(14)71-38-72-106(15)73-39-74-107(16)75-40-76-108(17)77-41-78-109(18)79-42-80-110(19)81-43-82-111(20)83-44-84-112(21)85-45-86-113(22)87-46-88-114(23)89-90-140-146(136,137)145-147(138,139)144-126-120(128-116(25)132)123(135)124(118(92-130)142-126)143-125-119(127-115(24)131)122(134)121(133)117(91-129)141-125/h47,49,51,53,55,57,59,61,63,65,67,69,71,73,75,77,79,81,83,85,87,114,117-126,129-130,133-135H,26-46,48,50,52,54,56,58,60,62,64,66,68,70,72,74,76,78,80,82,84,86,88-92H2,1-25H3,(H,127,131)(H,128,132)(H,136,137)(H,138,139)/b94-49+,95-51+,96-53+,97-55+,98-57+,99-59+,100-61+,101-63+,102-65+,103-67+,104-69+,105-71+,106-73+,107-75+,108-77+,109-79+,110-81+,111-83+,112-85+,113-87+/t114?,117-,118-,119-,120-,121-,122-,123-,124-,125+,126-/m1/s1. The highest BCUT2D eigenvalue weighted by Crippen LogP contribution is 2.61. The molecule has 147 heavy (non-hydrogen) atoms. The van der Waals surface area contributed by atoms with Gasteiger partial charge in [-0.2, -0.15) is 4.31 Å². The summed E-state index contributed by atoms with van der Waals surface area (Å²) >= 11 is 0. The molecule has 2 heterocycles. The number of aliphatic hydroxyl groups excluding tert-OH is 5. The highest BCUT2D eigenvalue weighted by molar-refractivity contribution is 7.61. The maximum Gasteiger partial charge on any atom is 0.483 e. The van der Waals surface area contributed by atoms with Crippen LogP contribution in [0.25, 0.3) is 0 Å². The Morgan fingerprint density at radius 2 is 0.483 bits per heavy atom. The van der Waals surface area contributed by atoms with Gasteiger partial charge in [-0.25, -0.2) is 9.13 Å². The number of amides is 2. The predicted octanol–water partition coefficient (Wildman–Crippen LogP) is 33.5. The number of nitrogens with one attached hydrogen (secondary N) is 2. The van der Waals surface area contributed by atoms with Gasteiger partial charge in [-0.15, -0.1) is 0 Å². The Balaban J connectivity index is 1.57. The molecule has 0 aliphatic carbocycles. The first-order chi connectivity index (χ1) is 69.7. The van der Waals surface area contributed by atoms with Crippen LogP contribution >= 0.6 is 15.6 Å². The number of hydrogen-bond acceptors (Lipinski definition) is 15. The van der Waals surface area contributed by atoms with Gasteiger partial charge in [0.2, 0.25) is 11.8 Å². The van der Waals surface area contributed by atoms with Gasteiger partial charge >= 0.3 is 15.6 Å². The smallest absolute Gasteiger partial charge is 0.394 e. The second kappa shape index (κ2) is 80.3. The van der Waals surface area contributed by atoms with E-state index in [9.17, 15) is 54.0 Å². The molecule has 2 amide bonds. The normalized spacial score (nSPS) is 21.7. The number of hydrogen-bond donors (Lipinski definition) is 9. The zero-order valence-electron chi connectivity index (χ0n) is 96.6. The van der Waals surface area contributed by atoms with Crippen LogP contribution in [0.2, 0.25) is 0 Å². The van der Waals surface area contributed by atoms with Gasteiger partial charge in [0.25, 0.3) is 0 Å². The molecule has 3 unspecified atom stereocenters. The van der Waals surface area contributed by atoms with Crippen molar-refractivity contribution in [3.05, 3.63) is 245 Å². The van der Waals surface area contributed by atoms with Gasteiger partial charge in [0.05, 0.1) is 19.8 Å². The van der Waals surface area contributed by atoms with Crippen LogP contribution in [0.1, 0.15) is 449 Å². The number of carbonyl (C=O) groups excluding carboxylic acids is 2. The summed E-state index contributed by atoms with van der Waals surface area (Å²) < 4.78 is 57.8. The first-order valence-corrected chi connectivity index (χ1v) is 58.9. The van der Waals surface area contributed by atoms with E-state index in [-0.39, 0.29) is 12.5 Å². The maximum absolute atomic E-state index is 13.2. The van der Waals surface area contributed by atoms with Crippen LogP contribution in [-0.4, -0.2) is 128 Å². The zero-order chi connectivity index (χ0) is 110. The average molecular weight is 2080 g/mol. The summed E-state index contributed by atoms with van der Waals surface area (Å²) in [6.45, 7) is 52.0. The summed E-state index contributed by atoms with van der Waals surface area (Å²) in [5.41, 5.74) is 31.1. The van der Waals surface area contributed by atoms with Gasteiger partial charge < -0.3 is 60.2 Å². The van der Waals surface area contributed by atoms with E-state index >= 15 is 0 Å². The number of phosphoric ester groups is 2. The fourth-order valence-corrected chi connectivity index (χ4v) is 20.1. The first kappa shape index (κ1) is 136. The van der Waals surface area contributed by atoms with Gasteiger partial charge in [-0.05, 0) is 434 Å². The van der Waals surface area contributed by atoms with E-state index in [4.69, 9.17) is 23.3 Å². The molecular formula is C126H208N2O17P2. The van der Waals surface area contributed by atoms with Gasteiger partial charge in [0.15, 0.2) is 12.6 Å². The van der Waals surface area contributed by atoms with Crippen LogP contribution < -0.4 is 10.6 Å². The Hall–Kier alpha value is -6.58. The summed E-state index contributed by atoms with van der Waals surface area (Å²) in [6.07, 6.45) is 83.6. The SMILES string of the molecule is CC(=O)N[C@H]1[C@@H](OP(=O)(O)OP(=O)(O)OCCC(C)CC/C=C(\C)CC/C=C(\C)CC/C=C(\C)CC/C=C(\C)CC/C=C(\C)CC/C=C(\C)CC/C=C(\C)CC/C=C(\C)CC/C=C(\C)CC/C=C(\C)CC/C=C(\C)CC/C=C(\C)CC/C=C(\C)CC/C=C(\C)CC/C=C(\C)CC/C=C(\C)CC/C=C(\C)CC/C=C(\C)CC/C=C(\C)CC/C=C(\C)CCC=C(C)C)O[C@H](CO)[C@@H](O[C@@H]2O[C@H](CO)[C@@H](O)[C@H](O)[C@H]2NC(C)=O)[C@@H]1O. The summed E-state index contributed by atoms with van der Waals surface area (Å²) in [5, 5.41) is 57.3. The second-order valence-corrected chi connectivity index (χ2v) is 46.5. The van der Waals surface area contributed by atoms with Crippen LogP contribution in [0, 0.1) is 5.92 Å². The number of ether oxygens (including phenoxy) is 3. The third-order valence-corrected chi connectivity index (χ3v) is 30.5. The summed E-state index contributed by atoms with van der Waals surface area (Å²) in [6, 6.07) is -3.26. The number of aliphatic hydroxyl groups is 5. The molecule has 0 aromatic rings. The van der Waals surface area contributed by atoms with Crippen LogP contribution in [0.15, 0.2) is 245 Å². The number of allylic oxidation sites excluding steroid dienone is 42. The fraction of sp³-hybridized carbons (Fsp3) is 0.651. The van der Waals surface area contributed by atoms with Crippen molar-refractivity contribution in [3.63, 3.8) is 0 Å². The molecule has 9 N–H and O–H groups in total. The minimum Gasteiger partial charge on any atom is -0.394 e. The Bertz CT molecular complexity index is 4640. The highest BCUT2D eigenvalue weighted by atomic mass is 31.3. The first-order valence-electron chi connectivity index (χ1n) is 55.9. The molecule has 2 aliphatic heterocycles. The summed E-state index contributed by atoms with van der Waals surface area (Å²) in [4.78, 5) is 45.4. The molecular weight excluding hydrogens is 1880 g/mol. The molecule has 2 saturated heterocycles. The van der Waals surface area contributed by atoms with E-state index in [1.807, 2.05) is 6.92 Å². The van der Waals surface area contributed by atoms with Crippen molar-refractivity contribution in [2.24, 2.45) is 5.92 Å². The third-order valence-electron chi connectivity index (χ3n) is 27.9. The molecule has 0 bridgehead atoms. The van der Waals surface area contributed by atoms with Crippen molar-refractivity contribution in [2.45, 2.75) is 510 Å². The number of phosphoric acid groups is 2. The zero-order valence-corrected chi connectivity index (χ0v) is 98.4. The molecule has 0 aromatic heterocycles. The quantitative estimate of drug-likeness (QED) is 0.0202. The highest BCUT2D eigenvalue weighted by Gasteiger charge is 2.54. The minimum atomic E-state index is -5.62. The lowest BCUT2D eigenvalue weighted by atomic mass is 9.94. The molecule has 19 nitrogen and oxygen atoms in total. The summed E-state index contributed by atoms with van der Waals surface area (Å²) in [5.74, 6) is -1.46. The largest absolute Gasteiger partial charge is 0.483 e. The van der Waals surface area contributed by atoms with Gasteiger partial charge in [0, 0.05) is 13.8 Å². The van der Waals surface area contributed by atoms with E-state index in [0.29, 0.717) is 6.42 Å². The van der Waals surface area contributed by atoms with E-state index in [1.165, 1.54) is 136 Å². The Labute approximate surface area is 895 Å². The van der Waals surface area contributed by atoms with Crippen molar-refractivity contribution in [1.82, 2.24) is 10.6 Å². The Kier molecular flexibility index (Phi) is 74.5. The van der Waals surface area contributed by atoms with E-state index in [1.54, 1.807) is 0 Å². The molecule has 0 saturated carbocycles. The molecule has 0 radical (unpaired) electrons. The van der Waals surface area contributed by atoms with Crippen LogP contribution in [0.5, 0.6) is 0 Å². The molecule has 21 heteroatoms. The lowest BCUT2D eigenvalue weighted by Crippen LogP contribution is -2.69. The van der Waals surface area contributed by atoms with Crippen molar-refractivity contribution < 1.29 is 81.6 Å². The van der Waals surface area contributed by atoms with Crippen LogP contribution in [0.4, 0.5) is 0 Å². The topological polar surface area (TPSA) is 289 Å². The third kappa shape index (κ3) is 70.4. The van der Waals surface area contributed by atoms with Crippen molar-refractivity contribution >= 4 is 27.5 Å². The molecule has 2 aliphatic rings. The predicted molar refractivity (Wildman–Crippen MR) is 620 cm³/mol. The van der Waals surface area contributed by atoms with E-state index in [0.717, 1.165) is 264 Å². The Morgan fingerprint density at radius 3 is 0.694 bits per heavy atom. The molecule has 2 rings (SSSR count). The maximum atomic E-state index is 13.2. The molecule has 0 aromatic carbocycles. The van der Waals surface area contributed by atoms with Crippen molar-refractivity contribution in [2.75, 3.05) is 19.8 Å². The lowest BCUT2D eigenvalue weighted by molar-refractivity contribution is -0.325. The number of carbonyl (C=O) groups is 2. The van der Waals surface area contributed by atoms with Crippen LogP contribution in [-0.2, 0) is 46.3 Å².